The second-order valence-corrected chi connectivity index (χ2v) is 13.9. The summed E-state index contributed by atoms with van der Waals surface area (Å²) in [6.45, 7) is 4.53. The highest BCUT2D eigenvalue weighted by Crippen LogP contribution is 2.26. The number of aryl methyl sites for hydroxylation is 3. The van der Waals surface area contributed by atoms with Crippen LogP contribution in [0.5, 0.6) is 0 Å². The van der Waals surface area contributed by atoms with Crippen LogP contribution in [0.1, 0.15) is 96.9 Å². The van der Waals surface area contributed by atoms with Gasteiger partial charge in [-0.2, -0.15) is 0 Å². The minimum atomic E-state index is -1.58. The Kier molecular flexibility index (Phi) is 15.1. The molecule has 0 saturated heterocycles. The zero-order valence-electron chi connectivity index (χ0n) is 31.0. The molecule has 0 radical (unpaired) electrons. The van der Waals surface area contributed by atoms with E-state index in [2.05, 4.69) is 47.1 Å². The first-order chi connectivity index (χ1) is 25.4. The number of nitrogens with zero attached hydrogens (tertiary/aromatic N) is 1. The van der Waals surface area contributed by atoms with Crippen LogP contribution >= 0.6 is 0 Å². The molecule has 4 rings (SSSR count). The molecule has 4 atom stereocenters. The van der Waals surface area contributed by atoms with Crippen LogP contribution < -0.4 is 27.4 Å². The van der Waals surface area contributed by atoms with Crippen molar-refractivity contribution in [3.05, 3.63) is 94.5 Å². The molecule has 12 nitrogen and oxygen atoms in total. The van der Waals surface area contributed by atoms with Crippen molar-refractivity contribution in [2.24, 2.45) is 11.5 Å². The number of carbonyl (C=O) groups excluding carboxylic acids is 4. The molecule has 1 heterocycles. The molecule has 53 heavy (non-hydrogen) atoms. The van der Waals surface area contributed by atoms with Crippen LogP contribution in [-0.4, -0.2) is 71.4 Å². The fourth-order valence-corrected chi connectivity index (χ4v) is 6.59. The molecule has 3 aromatic rings. The van der Waals surface area contributed by atoms with Crippen molar-refractivity contribution in [2.45, 2.75) is 102 Å². The van der Waals surface area contributed by atoms with E-state index in [1.54, 1.807) is 18.2 Å². The lowest BCUT2D eigenvalue weighted by Gasteiger charge is -2.32. The predicted molar refractivity (Wildman–Crippen MR) is 205 cm³/mol. The number of likely N-dealkylation sites (N-methyl/N-ethyl adjacent to an activating group) is 1. The van der Waals surface area contributed by atoms with Gasteiger partial charge in [0, 0.05) is 12.6 Å². The number of unbranched alkanes of at least 4 members (excludes halogenated alkanes) is 2. The molecule has 2 bridgehead atoms. The van der Waals surface area contributed by atoms with Crippen LogP contribution in [0.15, 0.2) is 66.7 Å². The first kappa shape index (κ1) is 40.7. The van der Waals surface area contributed by atoms with Crippen molar-refractivity contribution in [3.8, 4) is 11.1 Å². The lowest BCUT2D eigenvalue weighted by Crippen LogP contribution is -2.58. The fraction of sp³-hybridized carbons (Fsp3) is 0.439. The number of carboxylic acids is 1. The van der Waals surface area contributed by atoms with Crippen LogP contribution in [-0.2, 0) is 32.0 Å². The number of carbonyl (C=O) groups is 5. The summed E-state index contributed by atoms with van der Waals surface area (Å²) in [5.74, 6) is -3.74. The molecule has 1 aliphatic heterocycles. The Morgan fingerprint density at radius 1 is 0.925 bits per heavy atom. The Morgan fingerprint density at radius 2 is 1.60 bits per heavy atom. The van der Waals surface area contributed by atoms with Crippen molar-refractivity contribution >= 4 is 29.6 Å². The highest BCUT2D eigenvalue weighted by atomic mass is 16.4. The second kappa shape index (κ2) is 19.7. The Hall–Kier alpha value is -5.07. The van der Waals surface area contributed by atoms with E-state index in [1.807, 2.05) is 31.2 Å². The Morgan fingerprint density at radius 3 is 2.25 bits per heavy atom. The summed E-state index contributed by atoms with van der Waals surface area (Å²) in [7, 11) is 1.48. The number of carboxylic acid groups (broad SMARTS) is 1. The number of nitrogens with two attached hydrogens (primary N) is 2. The molecule has 3 aromatic carbocycles. The number of rotatable bonds is 13. The smallest absolute Gasteiger partial charge is 0.326 e. The number of aliphatic carboxylic acids is 1. The van der Waals surface area contributed by atoms with E-state index >= 15 is 0 Å². The van der Waals surface area contributed by atoms with Gasteiger partial charge in [-0.25, -0.2) is 4.79 Å². The summed E-state index contributed by atoms with van der Waals surface area (Å²) in [5.41, 5.74) is 17.9. The number of nitrogens with one attached hydrogen (secondary N) is 3. The predicted octanol–water partition coefficient (Wildman–Crippen LogP) is 4.13. The minimum Gasteiger partial charge on any atom is -0.480 e. The molecule has 0 aromatic heterocycles. The quantitative estimate of drug-likeness (QED) is 0.141. The molecule has 4 unspecified atom stereocenters. The van der Waals surface area contributed by atoms with Crippen LogP contribution in [0, 0.1) is 6.92 Å². The van der Waals surface area contributed by atoms with Crippen LogP contribution in [0.4, 0.5) is 0 Å². The largest absolute Gasteiger partial charge is 0.480 e. The van der Waals surface area contributed by atoms with E-state index < -0.39 is 53.9 Å². The molecule has 0 fully saturated rings. The number of hydrogen-bond donors (Lipinski definition) is 6. The summed E-state index contributed by atoms with van der Waals surface area (Å²) >= 11 is 0. The number of benzene rings is 3. The molecule has 0 saturated carbocycles. The van der Waals surface area contributed by atoms with E-state index in [-0.39, 0.29) is 12.8 Å². The van der Waals surface area contributed by atoms with E-state index in [9.17, 15) is 29.1 Å². The van der Waals surface area contributed by atoms with Crippen molar-refractivity contribution in [1.82, 2.24) is 20.9 Å². The van der Waals surface area contributed by atoms with E-state index in [1.165, 1.54) is 17.5 Å². The second-order valence-electron chi connectivity index (χ2n) is 13.9. The summed E-state index contributed by atoms with van der Waals surface area (Å²) in [4.78, 5) is 67.8. The number of amides is 4. The van der Waals surface area contributed by atoms with Gasteiger partial charge in [-0.3, -0.25) is 19.2 Å². The molecule has 1 aliphatic rings. The molecular weight excluding hydrogens is 672 g/mol. The molecule has 8 N–H and O–H groups in total. The lowest BCUT2D eigenvalue weighted by atomic mass is 9.94. The van der Waals surface area contributed by atoms with E-state index in [0.29, 0.717) is 49.8 Å². The van der Waals surface area contributed by atoms with Crippen molar-refractivity contribution in [3.63, 3.8) is 0 Å². The monoisotopic (exact) mass is 726 g/mol. The molecule has 284 valence electrons. The maximum absolute atomic E-state index is 14.3. The van der Waals surface area contributed by atoms with Gasteiger partial charge in [0.25, 0.3) is 11.8 Å². The summed E-state index contributed by atoms with van der Waals surface area (Å²) in [6.07, 6.45) is 5.17. The molecular formula is C41H54N6O6. The fourth-order valence-electron chi connectivity index (χ4n) is 6.59. The van der Waals surface area contributed by atoms with Crippen molar-refractivity contribution < 1.29 is 29.1 Å². The van der Waals surface area contributed by atoms with Crippen LogP contribution in [0.2, 0.25) is 0 Å². The van der Waals surface area contributed by atoms with Gasteiger partial charge in [-0.05, 0) is 110 Å². The average molecular weight is 727 g/mol. The zero-order valence-corrected chi connectivity index (χ0v) is 31.0. The summed E-state index contributed by atoms with van der Waals surface area (Å²) in [5, 5.41) is 17.5. The summed E-state index contributed by atoms with van der Waals surface area (Å²) in [6, 6.07) is 17.7. The maximum atomic E-state index is 14.3. The Bertz CT molecular complexity index is 1730. The molecule has 0 spiro atoms. The van der Waals surface area contributed by atoms with Gasteiger partial charge < -0.3 is 37.4 Å². The first-order valence-electron chi connectivity index (χ1n) is 18.6. The van der Waals surface area contributed by atoms with Gasteiger partial charge in [0.15, 0.2) is 6.17 Å². The van der Waals surface area contributed by atoms with Gasteiger partial charge in [0.1, 0.15) is 18.1 Å². The standard InChI is InChI=1S/C41H54N6O6/c1-4-5-10-27-15-18-28(19-16-27)29-20-22-30(23-21-29)37(48)44-33(12-8-9-24-42)40(51)47(3)35-32-17-14-26(2)31(25-32)11-6-7-13-34(41(52)53)45-39(50)36(43)46-38(35)49/h14-23,25,33-36H,4-13,24,42-43H2,1-3H3,(H,44,48)(H,45,50)(H,46,49)(H,52,53). The third kappa shape index (κ3) is 11.2. The normalized spacial score (nSPS) is 18.5. The van der Waals surface area contributed by atoms with Gasteiger partial charge in [-0.1, -0.05) is 74.4 Å². The average Bonchev–Trinajstić information content (AvgIpc) is 3.15. The molecule has 0 aliphatic carbocycles. The highest BCUT2D eigenvalue weighted by Gasteiger charge is 2.35. The van der Waals surface area contributed by atoms with E-state index in [0.717, 1.165) is 41.5 Å². The maximum Gasteiger partial charge on any atom is 0.326 e. The number of hydrogen-bond acceptors (Lipinski definition) is 7. The molecule has 4 amide bonds. The number of fused-ring (bicyclic) bond motifs is 2. The highest BCUT2D eigenvalue weighted by molar-refractivity contribution is 5.99. The third-order valence-corrected chi connectivity index (χ3v) is 9.86. The SMILES string of the molecule is CCCCc1ccc(-c2ccc(C(=O)NC(CCCCN)C(=O)N(C)C3C(=O)NC(N)C(=O)NC(C(=O)O)CCCCc4cc3ccc4C)cc2)cc1. The zero-order chi connectivity index (χ0) is 38.5. The Balaban J connectivity index is 1.59. The third-order valence-electron chi connectivity index (χ3n) is 9.86. The topological polar surface area (TPSA) is 197 Å². The van der Waals surface area contributed by atoms with Crippen molar-refractivity contribution in [1.29, 1.82) is 0 Å². The molecule has 12 heteroatoms. The first-order valence-corrected chi connectivity index (χ1v) is 18.6. The van der Waals surface area contributed by atoms with E-state index in [4.69, 9.17) is 11.5 Å². The lowest BCUT2D eigenvalue weighted by molar-refractivity contribution is -0.143. The van der Waals surface area contributed by atoms with Gasteiger partial charge in [-0.15, -0.1) is 0 Å². The summed E-state index contributed by atoms with van der Waals surface area (Å²) < 4.78 is 0. The van der Waals surface area contributed by atoms with Crippen LogP contribution in [0.25, 0.3) is 11.1 Å². The Labute approximate surface area is 312 Å². The van der Waals surface area contributed by atoms with Gasteiger partial charge in [0.2, 0.25) is 11.8 Å². The van der Waals surface area contributed by atoms with Crippen LogP contribution in [0.3, 0.4) is 0 Å². The van der Waals surface area contributed by atoms with Crippen molar-refractivity contribution in [2.75, 3.05) is 13.6 Å². The van der Waals surface area contributed by atoms with Gasteiger partial charge >= 0.3 is 5.97 Å². The van der Waals surface area contributed by atoms with Gasteiger partial charge in [0.05, 0.1) is 0 Å². The minimum absolute atomic E-state index is 0.203.